The molecule has 0 bridgehead atoms. The van der Waals surface area contributed by atoms with Crippen molar-refractivity contribution < 1.29 is 9.90 Å². The Bertz CT molecular complexity index is 873. The second-order valence-electron chi connectivity index (χ2n) is 6.59. The standard InChI is InChI=1S/C19H23N3O3/c1-12-8-9-15-6-4-5-7-17(15)22(12)18(24)10-21-19(25)16(11-23)13(2)14(3)20-21/h4-7,12,23H,8-11H2,1-3H3/t12-/m0/s1. The van der Waals surface area contributed by atoms with E-state index in [0.717, 1.165) is 24.1 Å². The number of para-hydroxylation sites is 1. The molecule has 1 aromatic carbocycles. The van der Waals surface area contributed by atoms with Crippen molar-refractivity contribution in [2.24, 2.45) is 0 Å². The van der Waals surface area contributed by atoms with Gasteiger partial charge >= 0.3 is 0 Å². The maximum atomic E-state index is 13.0. The lowest BCUT2D eigenvalue weighted by atomic mass is 9.96. The Morgan fingerprint density at radius 1 is 1.32 bits per heavy atom. The van der Waals surface area contributed by atoms with Gasteiger partial charge in [-0.25, -0.2) is 4.68 Å². The molecular weight excluding hydrogens is 318 g/mol. The van der Waals surface area contributed by atoms with Crippen LogP contribution in [0.4, 0.5) is 5.69 Å². The van der Waals surface area contributed by atoms with Gasteiger partial charge in [-0.3, -0.25) is 9.59 Å². The molecule has 0 unspecified atom stereocenters. The average Bonchev–Trinajstić information content (AvgIpc) is 2.60. The highest BCUT2D eigenvalue weighted by atomic mass is 16.3. The van der Waals surface area contributed by atoms with Crippen molar-refractivity contribution in [3.63, 3.8) is 0 Å². The molecule has 1 aromatic heterocycles. The third kappa shape index (κ3) is 3.09. The Morgan fingerprint density at radius 3 is 2.76 bits per heavy atom. The zero-order valence-electron chi connectivity index (χ0n) is 14.8. The number of aromatic nitrogens is 2. The maximum Gasteiger partial charge on any atom is 0.273 e. The summed E-state index contributed by atoms with van der Waals surface area (Å²) in [6.07, 6.45) is 1.83. The van der Waals surface area contributed by atoms with Crippen LogP contribution in [0.2, 0.25) is 0 Å². The van der Waals surface area contributed by atoms with E-state index in [2.05, 4.69) is 5.10 Å². The molecule has 1 amide bonds. The van der Waals surface area contributed by atoms with Gasteiger partial charge in [0.25, 0.3) is 5.56 Å². The first-order chi connectivity index (χ1) is 11.9. The summed E-state index contributed by atoms with van der Waals surface area (Å²) in [6.45, 7) is 5.05. The Balaban J connectivity index is 1.96. The lowest BCUT2D eigenvalue weighted by Crippen LogP contribution is -2.45. The number of anilines is 1. The van der Waals surface area contributed by atoms with Crippen LogP contribution in [-0.4, -0.2) is 26.8 Å². The fourth-order valence-electron chi connectivity index (χ4n) is 3.40. The predicted molar refractivity (Wildman–Crippen MR) is 95.6 cm³/mol. The normalized spacial score (nSPS) is 16.6. The summed E-state index contributed by atoms with van der Waals surface area (Å²) in [7, 11) is 0. The van der Waals surface area contributed by atoms with Gasteiger partial charge in [0.05, 0.1) is 12.3 Å². The van der Waals surface area contributed by atoms with Gasteiger partial charge in [0.2, 0.25) is 5.91 Å². The molecule has 6 nitrogen and oxygen atoms in total. The van der Waals surface area contributed by atoms with Crippen molar-refractivity contribution >= 4 is 11.6 Å². The summed E-state index contributed by atoms with van der Waals surface area (Å²) in [5.41, 5.74) is 3.26. The van der Waals surface area contributed by atoms with E-state index in [1.165, 1.54) is 4.68 Å². The number of nitrogens with zero attached hydrogens (tertiary/aromatic N) is 3. The van der Waals surface area contributed by atoms with E-state index in [1.807, 2.05) is 31.2 Å². The molecule has 6 heteroatoms. The molecule has 0 saturated heterocycles. The summed E-state index contributed by atoms with van der Waals surface area (Å²) in [4.78, 5) is 27.2. The molecule has 2 aromatic rings. The van der Waals surface area contributed by atoms with E-state index < -0.39 is 5.56 Å². The number of fused-ring (bicyclic) bond motifs is 1. The highest BCUT2D eigenvalue weighted by Crippen LogP contribution is 2.30. The minimum atomic E-state index is -0.406. The highest BCUT2D eigenvalue weighted by molar-refractivity contribution is 5.95. The monoisotopic (exact) mass is 341 g/mol. The third-order valence-corrected chi connectivity index (χ3v) is 4.99. The number of aliphatic hydroxyl groups excluding tert-OH is 1. The molecule has 1 aliphatic rings. The minimum Gasteiger partial charge on any atom is -0.391 e. The topological polar surface area (TPSA) is 75.4 Å². The quantitative estimate of drug-likeness (QED) is 0.922. The number of carbonyl (C=O) groups excluding carboxylic acids is 1. The van der Waals surface area contributed by atoms with E-state index in [-0.39, 0.29) is 25.1 Å². The van der Waals surface area contributed by atoms with Crippen molar-refractivity contribution in [1.82, 2.24) is 9.78 Å². The van der Waals surface area contributed by atoms with Gasteiger partial charge in [-0.2, -0.15) is 5.10 Å². The van der Waals surface area contributed by atoms with Gasteiger partial charge in [-0.1, -0.05) is 18.2 Å². The molecule has 1 N–H and O–H groups in total. The molecule has 2 heterocycles. The van der Waals surface area contributed by atoms with Crippen LogP contribution in [-0.2, 0) is 24.4 Å². The largest absolute Gasteiger partial charge is 0.391 e. The average molecular weight is 341 g/mol. The smallest absolute Gasteiger partial charge is 0.273 e. The predicted octanol–water partition coefficient (Wildman–Crippen LogP) is 1.72. The van der Waals surface area contributed by atoms with Crippen LogP contribution in [0.3, 0.4) is 0 Å². The number of aliphatic hydroxyl groups is 1. The number of aryl methyl sites for hydroxylation is 2. The lowest BCUT2D eigenvalue weighted by molar-refractivity contribution is -0.120. The molecule has 25 heavy (non-hydrogen) atoms. The summed E-state index contributed by atoms with van der Waals surface area (Å²) < 4.78 is 1.17. The van der Waals surface area contributed by atoms with Crippen molar-refractivity contribution in [2.75, 3.05) is 4.90 Å². The molecule has 0 radical (unpaired) electrons. The van der Waals surface area contributed by atoms with Gasteiger partial charge in [0.15, 0.2) is 0 Å². The van der Waals surface area contributed by atoms with Crippen LogP contribution in [0.5, 0.6) is 0 Å². The SMILES string of the molecule is Cc1nn(CC(=O)N2c3ccccc3CC[C@@H]2C)c(=O)c(CO)c1C. The number of carbonyl (C=O) groups is 1. The van der Waals surface area contributed by atoms with E-state index in [4.69, 9.17) is 0 Å². The van der Waals surface area contributed by atoms with Crippen molar-refractivity contribution in [3.05, 3.63) is 57.0 Å². The number of amides is 1. The zero-order valence-corrected chi connectivity index (χ0v) is 14.8. The number of hydrogen-bond acceptors (Lipinski definition) is 4. The molecule has 1 aliphatic heterocycles. The Labute approximate surface area is 146 Å². The first-order valence-electron chi connectivity index (χ1n) is 8.52. The third-order valence-electron chi connectivity index (χ3n) is 4.99. The Hall–Kier alpha value is -2.47. The van der Waals surface area contributed by atoms with Crippen LogP contribution >= 0.6 is 0 Å². The molecule has 1 atom stereocenters. The Kier molecular flexibility index (Phi) is 4.72. The van der Waals surface area contributed by atoms with Crippen LogP contribution in [0.25, 0.3) is 0 Å². The second kappa shape index (κ2) is 6.80. The van der Waals surface area contributed by atoms with E-state index in [1.54, 1.807) is 18.7 Å². The maximum absolute atomic E-state index is 13.0. The van der Waals surface area contributed by atoms with Gasteiger partial charge in [-0.05, 0) is 50.8 Å². The summed E-state index contributed by atoms with van der Waals surface area (Å²) in [5, 5.41) is 13.7. The highest BCUT2D eigenvalue weighted by Gasteiger charge is 2.28. The minimum absolute atomic E-state index is 0.0713. The van der Waals surface area contributed by atoms with Crippen LogP contribution < -0.4 is 10.5 Å². The molecule has 0 aliphatic carbocycles. The van der Waals surface area contributed by atoms with Crippen LogP contribution in [0.15, 0.2) is 29.1 Å². The van der Waals surface area contributed by atoms with Crippen molar-refractivity contribution in [3.8, 4) is 0 Å². The summed E-state index contributed by atoms with van der Waals surface area (Å²) in [5.74, 6) is -0.165. The van der Waals surface area contributed by atoms with Crippen LogP contribution in [0.1, 0.15) is 35.7 Å². The lowest BCUT2D eigenvalue weighted by Gasteiger charge is -2.35. The second-order valence-corrected chi connectivity index (χ2v) is 6.59. The van der Waals surface area contributed by atoms with E-state index in [0.29, 0.717) is 16.8 Å². The molecule has 132 valence electrons. The summed E-state index contributed by atoms with van der Waals surface area (Å²) in [6, 6.07) is 7.94. The number of hydrogen-bond donors (Lipinski definition) is 1. The van der Waals surface area contributed by atoms with Crippen molar-refractivity contribution in [1.29, 1.82) is 0 Å². The van der Waals surface area contributed by atoms with Crippen LogP contribution in [0, 0.1) is 13.8 Å². The number of rotatable bonds is 3. The molecule has 0 fully saturated rings. The van der Waals surface area contributed by atoms with E-state index in [9.17, 15) is 14.7 Å². The van der Waals surface area contributed by atoms with Gasteiger partial charge in [0, 0.05) is 17.3 Å². The van der Waals surface area contributed by atoms with Gasteiger partial charge in [0.1, 0.15) is 6.54 Å². The van der Waals surface area contributed by atoms with Crippen molar-refractivity contribution in [2.45, 2.75) is 52.8 Å². The first kappa shape index (κ1) is 17.4. The Morgan fingerprint density at radius 2 is 2.04 bits per heavy atom. The number of benzene rings is 1. The van der Waals surface area contributed by atoms with E-state index >= 15 is 0 Å². The molecule has 0 spiro atoms. The zero-order chi connectivity index (χ0) is 18.1. The first-order valence-corrected chi connectivity index (χ1v) is 8.52. The molecule has 0 saturated carbocycles. The molecule has 3 rings (SSSR count). The summed E-state index contributed by atoms with van der Waals surface area (Å²) >= 11 is 0. The van der Waals surface area contributed by atoms with Gasteiger partial charge < -0.3 is 10.0 Å². The molecular formula is C19H23N3O3. The fraction of sp³-hybridized carbons (Fsp3) is 0.421. The fourth-order valence-corrected chi connectivity index (χ4v) is 3.40. The van der Waals surface area contributed by atoms with Gasteiger partial charge in [-0.15, -0.1) is 0 Å².